The molecule has 1 saturated heterocycles. The van der Waals surface area contributed by atoms with Gasteiger partial charge in [0.05, 0.1) is 22.1 Å². The lowest BCUT2D eigenvalue weighted by molar-refractivity contribution is 0.471. The molecule has 4 atom stereocenters. The molecule has 0 amide bonds. The Bertz CT molecular complexity index is 1410. The molecule has 0 radical (unpaired) electrons. The number of alkyl halides is 2. The Morgan fingerprint density at radius 3 is 1.40 bits per heavy atom. The monoisotopic (exact) mass is 764 g/mol. The first-order valence-electron chi connectivity index (χ1n) is 21.6. The van der Waals surface area contributed by atoms with Gasteiger partial charge in [0.25, 0.3) is 0 Å². The summed E-state index contributed by atoms with van der Waals surface area (Å²) >= 11 is 16.8. The fourth-order valence-electron chi connectivity index (χ4n) is 11.4. The number of halogens is 2. The van der Waals surface area contributed by atoms with Crippen LogP contribution in [0.3, 0.4) is 0 Å². The molecule has 3 aliphatic carbocycles. The minimum atomic E-state index is -0.477. The van der Waals surface area contributed by atoms with Gasteiger partial charge in [0.15, 0.2) is 0 Å². The number of benzene rings is 2. The predicted molar refractivity (Wildman–Crippen MR) is 233 cm³/mol. The van der Waals surface area contributed by atoms with Crippen LogP contribution >= 0.6 is 31.1 Å². The SMILES string of the molecule is CCCC[C@H]1[C@H](CCCC)N(c2c(C)cc(C)cc2C)C(=C2C(Cl)CCCC2(Cl)P(C2CCCCC2)C2CCCCC2)N1c1c(C)cc(C)cc1C. The molecule has 4 fully saturated rings. The number of hydrogen-bond donors (Lipinski definition) is 0. The Morgan fingerprint density at radius 1 is 0.615 bits per heavy atom. The van der Waals surface area contributed by atoms with Gasteiger partial charge in [0, 0.05) is 16.9 Å². The summed E-state index contributed by atoms with van der Waals surface area (Å²) in [5.41, 5.74) is 14.0. The van der Waals surface area contributed by atoms with Crippen molar-refractivity contribution in [3.8, 4) is 0 Å². The average molecular weight is 766 g/mol. The molecule has 2 unspecified atom stereocenters. The summed E-state index contributed by atoms with van der Waals surface area (Å²) in [6.07, 6.45) is 24.2. The van der Waals surface area contributed by atoms with E-state index >= 15 is 0 Å². The molecular formula is C47H71Cl2N2P. The zero-order chi connectivity index (χ0) is 37.2. The normalized spacial score (nSPS) is 26.6. The van der Waals surface area contributed by atoms with Crippen LogP contribution in [0.4, 0.5) is 11.4 Å². The van der Waals surface area contributed by atoms with Crippen molar-refractivity contribution in [3.63, 3.8) is 0 Å². The highest BCUT2D eigenvalue weighted by molar-refractivity contribution is 7.63. The van der Waals surface area contributed by atoms with Gasteiger partial charge in [0.1, 0.15) is 5.82 Å². The fraction of sp³-hybridized carbons (Fsp3) is 0.702. The molecule has 52 heavy (non-hydrogen) atoms. The fourth-order valence-corrected chi connectivity index (χ4v) is 17.7. The molecule has 2 aromatic carbocycles. The maximum Gasteiger partial charge on any atom is 0.116 e. The van der Waals surface area contributed by atoms with Crippen LogP contribution in [0.2, 0.25) is 0 Å². The van der Waals surface area contributed by atoms with Crippen molar-refractivity contribution in [2.75, 3.05) is 9.80 Å². The van der Waals surface area contributed by atoms with E-state index in [4.69, 9.17) is 23.2 Å². The van der Waals surface area contributed by atoms with E-state index < -0.39 is 7.92 Å². The van der Waals surface area contributed by atoms with Crippen LogP contribution in [-0.2, 0) is 0 Å². The molecule has 6 rings (SSSR count). The van der Waals surface area contributed by atoms with Crippen LogP contribution in [0.1, 0.15) is 169 Å². The van der Waals surface area contributed by atoms with Crippen LogP contribution in [0.25, 0.3) is 0 Å². The van der Waals surface area contributed by atoms with Crippen molar-refractivity contribution < 1.29 is 0 Å². The van der Waals surface area contributed by atoms with Crippen molar-refractivity contribution in [1.29, 1.82) is 0 Å². The molecule has 1 heterocycles. The third-order valence-corrected chi connectivity index (χ3v) is 18.6. The second kappa shape index (κ2) is 17.7. The molecule has 5 heteroatoms. The molecule has 2 nitrogen and oxygen atoms in total. The highest BCUT2D eigenvalue weighted by Gasteiger charge is 2.56. The minimum Gasteiger partial charge on any atom is -0.322 e. The maximum atomic E-state index is 8.80. The van der Waals surface area contributed by atoms with Gasteiger partial charge in [0.2, 0.25) is 0 Å². The summed E-state index contributed by atoms with van der Waals surface area (Å²) < 4.78 is -0.385. The van der Waals surface area contributed by atoms with Crippen LogP contribution in [-0.4, -0.2) is 33.4 Å². The van der Waals surface area contributed by atoms with Gasteiger partial charge in [-0.1, -0.05) is 121 Å². The molecule has 0 spiro atoms. The zero-order valence-corrected chi connectivity index (χ0v) is 36.6. The number of nitrogens with zero attached hydrogens (tertiary/aromatic N) is 2. The van der Waals surface area contributed by atoms with Gasteiger partial charge in [-0.25, -0.2) is 0 Å². The Morgan fingerprint density at radius 2 is 1.02 bits per heavy atom. The topological polar surface area (TPSA) is 6.48 Å². The Labute approximate surface area is 330 Å². The molecule has 1 aliphatic heterocycles. The third-order valence-electron chi connectivity index (χ3n) is 13.3. The first-order valence-corrected chi connectivity index (χ1v) is 23.9. The minimum absolute atomic E-state index is 0.0581. The number of aryl methyl sites for hydroxylation is 6. The third kappa shape index (κ3) is 8.03. The summed E-state index contributed by atoms with van der Waals surface area (Å²) in [6, 6.07) is 10.4. The number of anilines is 2. The average Bonchev–Trinajstić information content (AvgIpc) is 3.38. The van der Waals surface area contributed by atoms with Crippen LogP contribution in [0, 0.1) is 41.5 Å². The van der Waals surface area contributed by atoms with Gasteiger partial charge in [-0.05, 0) is 133 Å². The summed E-state index contributed by atoms with van der Waals surface area (Å²) in [4.78, 5) is 5.78. The summed E-state index contributed by atoms with van der Waals surface area (Å²) in [5, 5.41) is -0.0581. The summed E-state index contributed by atoms with van der Waals surface area (Å²) in [7, 11) is -0.477. The molecule has 2 aromatic rings. The van der Waals surface area contributed by atoms with E-state index in [1.807, 2.05) is 0 Å². The van der Waals surface area contributed by atoms with Gasteiger partial charge < -0.3 is 9.80 Å². The first-order chi connectivity index (χ1) is 25.0. The van der Waals surface area contributed by atoms with Crippen LogP contribution in [0.15, 0.2) is 35.7 Å². The quantitative estimate of drug-likeness (QED) is 0.166. The van der Waals surface area contributed by atoms with Gasteiger partial charge >= 0.3 is 0 Å². The highest BCUT2D eigenvalue weighted by atomic mass is 35.5. The second-order valence-electron chi connectivity index (χ2n) is 17.5. The van der Waals surface area contributed by atoms with Gasteiger partial charge in [-0.15, -0.1) is 23.2 Å². The van der Waals surface area contributed by atoms with E-state index in [1.54, 1.807) is 0 Å². The Kier molecular flexibility index (Phi) is 13.8. The van der Waals surface area contributed by atoms with Crippen molar-refractivity contribution in [2.24, 2.45) is 0 Å². The molecule has 0 bridgehead atoms. The zero-order valence-electron chi connectivity index (χ0n) is 34.2. The molecule has 288 valence electrons. The van der Waals surface area contributed by atoms with E-state index in [0.717, 1.165) is 30.6 Å². The number of hydrogen-bond acceptors (Lipinski definition) is 2. The van der Waals surface area contributed by atoms with Crippen molar-refractivity contribution >= 4 is 42.5 Å². The van der Waals surface area contributed by atoms with E-state index in [-0.39, 0.29) is 9.99 Å². The number of unbranched alkanes of at least 4 members (excludes halogenated alkanes) is 2. The Balaban J connectivity index is 1.72. The smallest absolute Gasteiger partial charge is 0.116 e. The lowest BCUT2D eigenvalue weighted by Crippen LogP contribution is -2.43. The molecule has 3 saturated carbocycles. The number of allylic oxidation sites excluding steroid dienone is 1. The number of rotatable bonds is 11. The second-order valence-corrected chi connectivity index (χ2v) is 22.0. The molecule has 0 N–H and O–H groups in total. The van der Waals surface area contributed by atoms with E-state index in [2.05, 4.69) is 89.5 Å². The van der Waals surface area contributed by atoms with E-state index in [0.29, 0.717) is 12.1 Å². The lowest BCUT2D eigenvalue weighted by Gasteiger charge is -2.52. The Hall–Kier alpha value is -1.21. The summed E-state index contributed by atoms with van der Waals surface area (Å²) in [5.74, 6) is 1.39. The van der Waals surface area contributed by atoms with E-state index in [1.165, 1.54) is 159 Å². The molecule has 0 aromatic heterocycles. The maximum absolute atomic E-state index is 8.80. The summed E-state index contributed by atoms with van der Waals surface area (Å²) in [6.45, 7) is 18.7. The molecular weight excluding hydrogens is 694 g/mol. The van der Waals surface area contributed by atoms with Crippen molar-refractivity contribution in [1.82, 2.24) is 0 Å². The molecule has 4 aliphatic rings. The first kappa shape index (κ1) is 40.5. The van der Waals surface area contributed by atoms with Gasteiger partial charge in [-0.2, -0.15) is 0 Å². The van der Waals surface area contributed by atoms with Gasteiger partial charge in [-0.3, -0.25) is 0 Å². The van der Waals surface area contributed by atoms with Crippen LogP contribution in [0.5, 0.6) is 0 Å². The standard InChI is InChI=1S/C47H71Cl2N2P/c1-9-11-25-41-42(26-12-10-2)51(45-36(7)30-33(4)31-37(45)8)46(50(41)44-34(5)28-32(3)29-35(44)6)43-40(48)24-19-27-47(43,49)52(38-20-15-13-16-21-38)39-22-17-14-18-23-39/h28-31,38-42H,9-27H2,1-8H3/t40?,41-,42-,47?/m0/s1. The van der Waals surface area contributed by atoms with Crippen molar-refractivity contribution in [3.05, 3.63) is 69.0 Å². The predicted octanol–water partition coefficient (Wildman–Crippen LogP) is 15.1. The largest absolute Gasteiger partial charge is 0.322 e. The van der Waals surface area contributed by atoms with Crippen molar-refractivity contribution in [2.45, 2.75) is 211 Å². The van der Waals surface area contributed by atoms with Crippen LogP contribution < -0.4 is 9.80 Å². The lowest BCUT2D eigenvalue weighted by atomic mass is 9.91. The highest BCUT2D eigenvalue weighted by Crippen LogP contribution is 2.72. The van der Waals surface area contributed by atoms with E-state index in [9.17, 15) is 0 Å².